The van der Waals surface area contributed by atoms with Crippen LogP contribution in [0.5, 0.6) is 0 Å². The van der Waals surface area contributed by atoms with Gasteiger partial charge in [-0.25, -0.2) is 0 Å². The first kappa shape index (κ1) is 13.6. The molecular weight excluding hydrogens is 258 g/mol. The molecule has 0 unspecified atom stereocenters. The van der Waals surface area contributed by atoms with E-state index in [4.69, 9.17) is 0 Å². The van der Waals surface area contributed by atoms with Crippen molar-refractivity contribution in [1.29, 1.82) is 5.26 Å². The van der Waals surface area contributed by atoms with Crippen LogP contribution in [0.15, 0.2) is 35.9 Å². The Kier molecular flexibility index (Phi) is 3.87. The number of allylic oxidation sites excluding steroid dienone is 1. The number of fused-ring (bicyclic) bond motifs is 1. The van der Waals surface area contributed by atoms with Crippen molar-refractivity contribution in [3.63, 3.8) is 0 Å². The summed E-state index contributed by atoms with van der Waals surface area (Å²) < 4.78 is 2.00. The van der Waals surface area contributed by atoms with Crippen molar-refractivity contribution in [2.45, 2.75) is 39.2 Å². The Labute approximate surface area is 125 Å². The van der Waals surface area contributed by atoms with Gasteiger partial charge in [-0.2, -0.15) is 10.4 Å². The minimum atomic E-state index is 0.562. The third kappa shape index (κ3) is 2.75. The maximum absolute atomic E-state index is 9.29. The van der Waals surface area contributed by atoms with Gasteiger partial charge in [-0.05, 0) is 18.4 Å². The normalized spacial score (nSPS) is 12.9. The third-order valence-electron chi connectivity index (χ3n) is 3.97. The monoisotopic (exact) mass is 277 g/mol. The van der Waals surface area contributed by atoms with Crippen LogP contribution < -0.4 is 0 Å². The van der Waals surface area contributed by atoms with Crippen LogP contribution in [0.1, 0.15) is 48.7 Å². The molecule has 0 amide bonds. The molecule has 0 bridgehead atoms. The largest absolute Gasteiger partial charge is 0.263 e. The molecule has 2 aromatic rings. The van der Waals surface area contributed by atoms with Crippen molar-refractivity contribution in [2.75, 3.05) is 0 Å². The molecule has 21 heavy (non-hydrogen) atoms. The van der Waals surface area contributed by atoms with Gasteiger partial charge in [0.05, 0.1) is 12.2 Å². The SMILES string of the molecule is CCCCC1=Cc2c(C#N)nn(Cc3ccccc3)c2C1. The highest BCUT2D eigenvalue weighted by Gasteiger charge is 2.22. The zero-order valence-electron chi connectivity index (χ0n) is 12.3. The van der Waals surface area contributed by atoms with Crippen LogP contribution in [0.25, 0.3) is 6.08 Å². The first-order chi connectivity index (χ1) is 10.3. The van der Waals surface area contributed by atoms with Crippen molar-refractivity contribution in [2.24, 2.45) is 0 Å². The van der Waals surface area contributed by atoms with Gasteiger partial charge in [0.15, 0.2) is 5.69 Å². The Bertz CT molecular complexity index is 702. The number of rotatable bonds is 5. The molecule has 1 aliphatic carbocycles. The van der Waals surface area contributed by atoms with Gasteiger partial charge in [-0.1, -0.05) is 55.3 Å². The molecule has 0 aliphatic heterocycles. The highest BCUT2D eigenvalue weighted by molar-refractivity contribution is 5.66. The van der Waals surface area contributed by atoms with Gasteiger partial charge in [-0.15, -0.1) is 0 Å². The summed E-state index contributed by atoms with van der Waals surface area (Å²) in [6.07, 6.45) is 6.66. The van der Waals surface area contributed by atoms with Crippen LogP contribution in [0, 0.1) is 11.3 Å². The molecule has 1 heterocycles. The second-order valence-corrected chi connectivity index (χ2v) is 5.55. The van der Waals surface area contributed by atoms with Crippen LogP contribution in [0.2, 0.25) is 0 Å². The predicted octanol–water partition coefficient (Wildman–Crippen LogP) is 3.93. The van der Waals surface area contributed by atoms with E-state index in [1.807, 2.05) is 22.9 Å². The number of benzene rings is 1. The van der Waals surface area contributed by atoms with Gasteiger partial charge in [0.25, 0.3) is 0 Å². The minimum absolute atomic E-state index is 0.562. The van der Waals surface area contributed by atoms with Crippen molar-refractivity contribution in [3.05, 3.63) is 58.4 Å². The third-order valence-corrected chi connectivity index (χ3v) is 3.97. The van der Waals surface area contributed by atoms with Gasteiger partial charge < -0.3 is 0 Å². The lowest BCUT2D eigenvalue weighted by atomic mass is 10.1. The number of unbranched alkanes of at least 4 members (excludes halogenated alkanes) is 1. The lowest BCUT2D eigenvalue weighted by Gasteiger charge is -2.07. The lowest BCUT2D eigenvalue weighted by Crippen LogP contribution is -2.06. The average molecular weight is 277 g/mol. The fraction of sp³-hybridized carbons (Fsp3) is 0.333. The number of aromatic nitrogens is 2. The summed E-state index contributed by atoms with van der Waals surface area (Å²) >= 11 is 0. The average Bonchev–Trinajstić information content (AvgIpc) is 3.06. The Balaban J connectivity index is 1.86. The maximum Gasteiger partial charge on any atom is 0.170 e. The van der Waals surface area contributed by atoms with Gasteiger partial charge in [0, 0.05) is 12.0 Å². The zero-order chi connectivity index (χ0) is 14.7. The zero-order valence-corrected chi connectivity index (χ0v) is 12.3. The summed E-state index contributed by atoms with van der Waals surface area (Å²) in [5.41, 5.74) is 5.45. The van der Waals surface area contributed by atoms with E-state index in [1.165, 1.54) is 29.7 Å². The first-order valence-corrected chi connectivity index (χ1v) is 7.55. The van der Waals surface area contributed by atoms with E-state index in [1.54, 1.807) is 0 Å². The molecule has 0 atom stereocenters. The molecule has 0 spiro atoms. The van der Waals surface area contributed by atoms with E-state index in [2.05, 4.69) is 36.3 Å². The van der Waals surface area contributed by atoms with Gasteiger partial charge >= 0.3 is 0 Å². The standard InChI is InChI=1S/C18H19N3/c1-2-3-7-15-10-16-17(12-19)20-21(18(16)11-15)13-14-8-5-4-6-9-14/h4-6,8-10H,2-3,7,11,13H2,1H3. The Morgan fingerprint density at radius 2 is 2.10 bits per heavy atom. The van der Waals surface area contributed by atoms with Crippen LogP contribution in [-0.2, 0) is 13.0 Å². The summed E-state index contributed by atoms with van der Waals surface area (Å²) in [4.78, 5) is 0. The highest BCUT2D eigenvalue weighted by Crippen LogP contribution is 2.30. The second kappa shape index (κ2) is 5.97. The Morgan fingerprint density at radius 3 is 2.81 bits per heavy atom. The summed E-state index contributed by atoms with van der Waals surface area (Å²) in [5, 5.41) is 13.8. The van der Waals surface area contributed by atoms with E-state index >= 15 is 0 Å². The summed E-state index contributed by atoms with van der Waals surface area (Å²) in [6, 6.07) is 12.5. The van der Waals surface area contributed by atoms with Gasteiger partial charge in [0.2, 0.25) is 0 Å². The molecule has 0 fully saturated rings. The van der Waals surface area contributed by atoms with E-state index in [0.29, 0.717) is 5.69 Å². The van der Waals surface area contributed by atoms with Crippen molar-refractivity contribution in [3.8, 4) is 6.07 Å². The number of nitriles is 1. The van der Waals surface area contributed by atoms with E-state index in [9.17, 15) is 5.26 Å². The lowest BCUT2D eigenvalue weighted by molar-refractivity contribution is 0.647. The highest BCUT2D eigenvalue weighted by atomic mass is 15.3. The van der Waals surface area contributed by atoms with Crippen LogP contribution in [0.4, 0.5) is 0 Å². The van der Waals surface area contributed by atoms with E-state index in [0.717, 1.165) is 24.9 Å². The second-order valence-electron chi connectivity index (χ2n) is 5.55. The topological polar surface area (TPSA) is 41.6 Å². The van der Waals surface area contributed by atoms with Gasteiger partial charge in [0.1, 0.15) is 6.07 Å². The van der Waals surface area contributed by atoms with E-state index < -0.39 is 0 Å². The predicted molar refractivity (Wildman–Crippen MR) is 83.7 cm³/mol. The molecule has 0 saturated heterocycles. The van der Waals surface area contributed by atoms with Crippen LogP contribution >= 0.6 is 0 Å². The first-order valence-electron chi connectivity index (χ1n) is 7.55. The fourth-order valence-electron chi connectivity index (χ4n) is 2.85. The Morgan fingerprint density at radius 1 is 1.29 bits per heavy atom. The summed E-state index contributed by atoms with van der Waals surface area (Å²) in [5.74, 6) is 0. The molecule has 3 heteroatoms. The molecule has 1 aliphatic rings. The molecule has 3 nitrogen and oxygen atoms in total. The molecule has 0 radical (unpaired) electrons. The van der Waals surface area contributed by atoms with Crippen molar-refractivity contribution >= 4 is 6.08 Å². The maximum atomic E-state index is 9.29. The van der Waals surface area contributed by atoms with Crippen molar-refractivity contribution in [1.82, 2.24) is 9.78 Å². The summed E-state index contributed by atoms with van der Waals surface area (Å²) in [6.45, 7) is 2.94. The van der Waals surface area contributed by atoms with E-state index in [-0.39, 0.29) is 0 Å². The Hall–Kier alpha value is -2.34. The fourth-order valence-corrected chi connectivity index (χ4v) is 2.85. The minimum Gasteiger partial charge on any atom is -0.263 e. The molecule has 0 saturated carbocycles. The summed E-state index contributed by atoms with van der Waals surface area (Å²) in [7, 11) is 0. The molecular formula is C18H19N3. The number of nitrogens with zero attached hydrogens (tertiary/aromatic N) is 3. The molecule has 0 N–H and O–H groups in total. The molecule has 106 valence electrons. The molecule has 3 rings (SSSR count). The smallest absolute Gasteiger partial charge is 0.170 e. The van der Waals surface area contributed by atoms with Crippen LogP contribution in [-0.4, -0.2) is 9.78 Å². The molecule has 1 aromatic carbocycles. The number of hydrogen-bond acceptors (Lipinski definition) is 2. The molecule has 1 aromatic heterocycles. The van der Waals surface area contributed by atoms with Crippen LogP contribution in [0.3, 0.4) is 0 Å². The number of hydrogen-bond donors (Lipinski definition) is 0. The van der Waals surface area contributed by atoms with Crippen molar-refractivity contribution < 1.29 is 0 Å². The van der Waals surface area contributed by atoms with Gasteiger partial charge in [-0.3, -0.25) is 4.68 Å². The quantitative estimate of drug-likeness (QED) is 0.830.